The van der Waals surface area contributed by atoms with Crippen LogP contribution in [0, 0.1) is 0 Å². The van der Waals surface area contributed by atoms with Crippen LogP contribution >= 0.6 is 0 Å². The number of rotatable bonds is 6. The molecule has 2 rings (SSSR count). The highest BCUT2D eigenvalue weighted by Gasteiger charge is 2.04. The first-order valence-electron chi connectivity index (χ1n) is 6.53. The van der Waals surface area contributed by atoms with Crippen molar-refractivity contribution in [3.8, 4) is 5.75 Å². The summed E-state index contributed by atoms with van der Waals surface area (Å²) >= 11 is 0. The molecule has 20 heavy (non-hydrogen) atoms. The number of anilines is 1. The lowest BCUT2D eigenvalue weighted by atomic mass is 10.2. The Labute approximate surface area is 118 Å². The summed E-state index contributed by atoms with van der Waals surface area (Å²) in [5, 5.41) is 5.83. The molecule has 0 fully saturated rings. The van der Waals surface area contributed by atoms with Crippen molar-refractivity contribution in [2.75, 3.05) is 25.5 Å². The fraction of sp³-hybridized carbons (Fsp3) is 0.188. The number of hydrogen-bond acceptors (Lipinski definition) is 3. The van der Waals surface area contributed by atoms with E-state index in [4.69, 9.17) is 4.74 Å². The summed E-state index contributed by atoms with van der Waals surface area (Å²) in [6.45, 7) is 0.922. The largest absolute Gasteiger partial charge is 0.492 e. The maximum atomic E-state index is 11.9. The normalized spacial score (nSPS) is 9.85. The quantitative estimate of drug-likeness (QED) is 0.793. The molecule has 0 aliphatic rings. The number of benzene rings is 2. The van der Waals surface area contributed by atoms with Crippen molar-refractivity contribution in [3.05, 3.63) is 60.2 Å². The first-order valence-corrected chi connectivity index (χ1v) is 6.53. The summed E-state index contributed by atoms with van der Waals surface area (Å²) in [4.78, 5) is 11.9. The van der Waals surface area contributed by atoms with E-state index in [1.807, 2.05) is 49.5 Å². The predicted octanol–water partition coefficient (Wildman–Crippen LogP) is 2.54. The minimum atomic E-state index is -0.0932. The highest BCUT2D eigenvalue weighted by molar-refractivity contribution is 5.94. The molecule has 0 radical (unpaired) electrons. The number of carbonyl (C=O) groups excluding carboxylic acids is 1. The van der Waals surface area contributed by atoms with E-state index >= 15 is 0 Å². The van der Waals surface area contributed by atoms with Crippen molar-refractivity contribution >= 4 is 11.6 Å². The zero-order valence-electron chi connectivity index (χ0n) is 11.4. The molecule has 0 aliphatic carbocycles. The van der Waals surface area contributed by atoms with E-state index < -0.39 is 0 Å². The molecule has 2 N–H and O–H groups in total. The monoisotopic (exact) mass is 270 g/mol. The van der Waals surface area contributed by atoms with Crippen LogP contribution in [0.2, 0.25) is 0 Å². The summed E-state index contributed by atoms with van der Waals surface area (Å²) in [5.41, 5.74) is 1.62. The van der Waals surface area contributed by atoms with Gasteiger partial charge >= 0.3 is 0 Å². The smallest absolute Gasteiger partial charge is 0.251 e. The van der Waals surface area contributed by atoms with Crippen LogP contribution in [0.1, 0.15) is 10.4 Å². The van der Waals surface area contributed by atoms with Crippen molar-refractivity contribution < 1.29 is 9.53 Å². The van der Waals surface area contributed by atoms with E-state index in [0.29, 0.717) is 18.7 Å². The van der Waals surface area contributed by atoms with Crippen LogP contribution in [0.5, 0.6) is 5.75 Å². The molecule has 104 valence electrons. The Morgan fingerprint density at radius 2 is 1.75 bits per heavy atom. The van der Waals surface area contributed by atoms with Crippen LogP contribution in [0.4, 0.5) is 5.69 Å². The number of carbonyl (C=O) groups is 1. The van der Waals surface area contributed by atoms with E-state index in [0.717, 1.165) is 11.4 Å². The molecule has 0 unspecified atom stereocenters. The SMILES string of the molecule is CNc1ccc(C(=O)NCCOc2ccccc2)cc1. The molecule has 0 atom stereocenters. The first kappa shape index (κ1) is 13.9. The Balaban J connectivity index is 1.74. The molecular formula is C16H18N2O2. The molecule has 0 saturated heterocycles. The van der Waals surface area contributed by atoms with E-state index in [1.54, 1.807) is 12.1 Å². The summed E-state index contributed by atoms with van der Waals surface area (Å²) in [5.74, 6) is 0.712. The lowest BCUT2D eigenvalue weighted by Gasteiger charge is -2.08. The highest BCUT2D eigenvalue weighted by Crippen LogP contribution is 2.09. The van der Waals surface area contributed by atoms with Gasteiger partial charge < -0.3 is 15.4 Å². The molecule has 0 bridgehead atoms. The summed E-state index contributed by atoms with van der Waals surface area (Å²) < 4.78 is 5.50. The fourth-order valence-corrected chi connectivity index (χ4v) is 1.74. The van der Waals surface area contributed by atoms with Crippen LogP contribution in [-0.2, 0) is 0 Å². The van der Waals surface area contributed by atoms with Gasteiger partial charge in [0, 0.05) is 18.3 Å². The number of ether oxygens (including phenoxy) is 1. The molecule has 4 heteroatoms. The first-order chi connectivity index (χ1) is 9.79. The topological polar surface area (TPSA) is 50.4 Å². The molecule has 0 aliphatic heterocycles. The molecule has 1 amide bonds. The van der Waals surface area contributed by atoms with E-state index in [-0.39, 0.29) is 5.91 Å². The third-order valence-electron chi connectivity index (χ3n) is 2.84. The maximum absolute atomic E-state index is 11.9. The van der Waals surface area contributed by atoms with Crippen LogP contribution in [0.3, 0.4) is 0 Å². The van der Waals surface area contributed by atoms with Crippen molar-refractivity contribution in [2.24, 2.45) is 0 Å². The Hall–Kier alpha value is -2.49. The molecule has 0 heterocycles. The van der Waals surface area contributed by atoms with E-state index in [1.165, 1.54) is 0 Å². The van der Waals surface area contributed by atoms with Crippen LogP contribution in [0.15, 0.2) is 54.6 Å². The van der Waals surface area contributed by atoms with Crippen molar-refractivity contribution in [3.63, 3.8) is 0 Å². The van der Waals surface area contributed by atoms with Gasteiger partial charge in [0.15, 0.2) is 0 Å². The Morgan fingerprint density at radius 1 is 1.05 bits per heavy atom. The van der Waals surface area contributed by atoms with Gasteiger partial charge in [0.2, 0.25) is 0 Å². The summed E-state index contributed by atoms with van der Waals surface area (Å²) in [6.07, 6.45) is 0. The molecule has 4 nitrogen and oxygen atoms in total. The average Bonchev–Trinajstić information content (AvgIpc) is 2.52. The van der Waals surface area contributed by atoms with Gasteiger partial charge in [0.05, 0.1) is 6.54 Å². The summed E-state index contributed by atoms with van der Waals surface area (Å²) in [7, 11) is 1.84. The van der Waals surface area contributed by atoms with Gasteiger partial charge in [0.1, 0.15) is 12.4 Å². The number of para-hydroxylation sites is 1. The lowest BCUT2D eigenvalue weighted by molar-refractivity contribution is 0.0947. The van der Waals surface area contributed by atoms with Crippen LogP contribution < -0.4 is 15.4 Å². The van der Waals surface area contributed by atoms with Crippen LogP contribution in [0.25, 0.3) is 0 Å². The minimum Gasteiger partial charge on any atom is -0.492 e. The van der Waals surface area contributed by atoms with Gasteiger partial charge in [-0.15, -0.1) is 0 Å². The van der Waals surface area contributed by atoms with Crippen LogP contribution in [-0.4, -0.2) is 26.1 Å². The second-order valence-electron chi connectivity index (χ2n) is 4.24. The zero-order chi connectivity index (χ0) is 14.2. The van der Waals surface area contributed by atoms with E-state index in [2.05, 4.69) is 10.6 Å². The number of amides is 1. The highest BCUT2D eigenvalue weighted by atomic mass is 16.5. The fourth-order valence-electron chi connectivity index (χ4n) is 1.74. The van der Waals surface area contributed by atoms with Gasteiger partial charge in [-0.25, -0.2) is 0 Å². The predicted molar refractivity (Wildman–Crippen MR) is 80.3 cm³/mol. The second-order valence-corrected chi connectivity index (χ2v) is 4.24. The lowest BCUT2D eigenvalue weighted by Crippen LogP contribution is -2.28. The molecule has 0 spiro atoms. The molecule has 2 aromatic rings. The number of hydrogen-bond donors (Lipinski definition) is 2. The third-order valence-corrected chi connectivity index (χ3v) is 2.84. The molecule has 2 aromatic carbocycles. The average molecular weight is 270 g/mol. The van der Waals surface area contributed by atoms with E-state index in [9.17, 15) is 4.79 Å². The standard InChI is InChI=1S/C16H18N2O2/c1-17-14-9-7-13(8-10-14)16(19)18-11-12-20-15-5-3-2-4-6-15/h2-10,17H,11-12H2,1H3,(H,18,19). The second kappa shape index (κ2) is 7.19. The van der Waals surface area contributed by atoms with Crippen molar-refractivity contribution in [1.29, 1.82) is 0 Å². The van der Waals surface area contributed by atoms with Crippen molar-refractivity contribution in [2.45, 2.75) is 0 Å². The molecular weight excluding hydrogens is 252 g/mol. The third kappa shape index (κ3) is 4.02. The maximum Gasteiger partial charge on any atom is 0.251 e. The Kier molecular flexibility index (Phi) is 5.00. The van der Waals surface area contributed by atoms with Gasteiger partial charge in [-0.05, 0) is 36.4 Å². The minimum absolute atomic E-state index is 0.0932. The Morgan fingerprint density at radius 3 is 2.40 bits per heavy atom. The molecule has 0 aromatic heterocycles. The van der Waals surface area contributed by atoms with Crippen molar-refractivity contribution in [1.82, 2.24) is 5.32 Å². The summed E-state index contributed by atoms with van der Waals surface area (Å²) in [6, 6.07) is 16.9. The number of nitrogens with one attached hydrogen (secondary N) is 2. The molecule has 0 saturated carbocycles. The van der Waals surface area contributed by atoms with Gasteiger partial charge in [-0.3, -0.25) is 4.79 Å². The van der Waals surface area contributed by atoms with Gasteiger partial charge in [-0.2, -0.15) is 0 Å². The van der Waals surface area contributed by atoms with Gasteiger partial charge in [0.25, 0.3) is 5.91 Å². The van der Waals surface area contributed by atoms with Gasteiger partial charge in [-0.1, -0.05) is 18.2 Å². The zero-order valence-corrected chi connectivity index (χ0v) is 11.4. The Bertz CT molecular complexity index is 538.